The SMILES string of the molecule is O=C(O)CCSc1ccc(CCC(=O)O)c(CCCCCCCCc2ccccc2)c1. The molecule has 0 bridgehead atoms. The smallest absolute Gasteiger partial charge is 0.304 e. The van der Waals surface area contributed by atoms with Gasteiger partial charge in [0, 0.05) is 17.1 Å². The summed E-state index contributed by atoms with van der Waals surface area (Å²) in [4.78, 5) is 22.8. The molecule has 0 aliphatic carbocycles. The van der Waals surface area contributed by atoms with Crippen molar-refractivity contribution in [3.05, 3.63) is 65.2 Å². The number of unbranched alkanes of at least 4 members (excludes halogenated alkanes) is 5. The van der Waals surface area contributed by atoms with Crippen molar-refractivity contribution < 1.29 is 19.8 Å². The minimum Gasteiger partial charge on any atom is -0.481 e. The number of carboxylic acid groups (broad SMARTS) is 2. The minimum absolute atomic E-state index is 0.139. The standard InChI is InChI=1S/C26H34O4S/c27-25(28)17-15-22-14-16-24(31-19-18-26(29)30)20-23(22)13-9-4-2-1-3-6-10-21-11-7-5-8-12-21/h5,7-8,11-12,14,16,20H,1-4,6,9-10,13,15,17-19H2,(H,27,28)(H,29,30). The fourth-order valence-electron chi connectivity index (χ4n) is 3.66. The van der Waals surface area contributed by atoms with Crippen molar-refractivity contribution in [2.75, 3.05) is 5.75 Å². The summed E-state index contributed by atoms with van der Waals surface area (Å²) in [5, 5.41) is 17.8. The van der Waals surface area contributed by atoms with E-state index in [0.717, 1.165) is 29.7 Å². The van der Waals surface area contributed by atoms with Crippen molar-refractivity contribution in [3.63, 3.8) is 0 Å². The predicted octanol–water partition coefficient (Wildman–Crippen LogP) is 6.40. The Kier molecular flexibility index (Phi) is 11.8. The van der Waals surface area contributed by atoms with Gasteiger partial charge >= 0.3 is 11.9 Å². The number of aryl methyl sites for hydroxylation is 3. The van der Waals surface area contributed by atoms with Gasteiger partial charge in [-0.2, -0.15) is 0 Å². The van der Waals surface area contributed by atoms with Gasteiger partial charge in [0.2, 0.25) is 0 Å². The number of rotatable bonds is 16. The molecule has 0 aromatic heterocycles. The summed E-state index contributed by atoms with van der Waals surface area (Å²) in [5.41, 5.74) is 3.73. The predicted molar refractivity (Wildman–Crippen MR) is 127 cm³/mol. The quantitative estimate of drug-likeness (QED) is 0.232. The average Bonchev–Trinajstić information content (AvgIpc) is 2.75. The molecule has 0 unspecified atom stereocenters. The first-order chi connectivity index (χ1) is 15.0. The van der Waals surface area contributed by atoms with Gasteiger partial charge in [0.25, 0.3) is 0 Å². The van der Waals surface area contributed by atoms with Gasteiger partial charge < -0.3 is 10.2 Å². The third-order valence-corrected chi connectivity index (χ3v) is 6.37. The summed E-state index contributed by atoms with van der Waals surface area (Å²) in [6, 6.07) is 16.8. The van der Waals surface area contributed by atoms with Gasteiger partial charge in [0.15, 0.2) is 0 Å². The molecule has 2 aromatic carbocycles. The number of aliphatic carboxylic acids is 2. The summed E-state index contributed by atoms with van der Waals surface area (Å²) in [5.74, 6) is -1.01. The number of benzene rings is 2. The van der Waals surface area contributed by atoms with Gasteiger partial charge in [-0.15, -0.1) is 11.8 Å². The second-order valence-electron chi connectivity index (χ2n) is 7.92. The van der Waals surface area contributed by atoms with E-state index in [-0.39, 0.29) is 12.8 Å². The fourth-order valence-corrected chi connectivity index (χ4v) is 4.57. The second-order valence-corrected chi connectivity index (χ2v) is 9.09. The monoisotopic (exact) mass is 442 g/mol. The molecule has 0 radical (unpaired) electrons. The van der Waals surface area contributed by atoms with Crippen molar-refractivity contribution in [2.24, 2.45) is 0 Å². The van der Waals surface area contributed by atoms with Crippen molar-refractivity contribution in [1.82, 2.24) is 0 Å². The summed E-state index contributed by atoms with van der Waals surface area (Å²) >= 11 is 1.55. The van der Waals surface area contributed by atoms with Crippen LogP contribution in [0.25, 0.3) is 0 Å². The highest BCUT2D eigenvalue weighted by atomic mass is 32.2. The van der Waals surface area contributed by atoms with E-state index in [1.807, 2.05) is 12.1 Å². The Labute approximate surface area is 190 Å². The molecule has 5 heteroatoms. The lowest BCUT2D eigenvalue weighted by Crippen LogP contribution is -2.01. The number of hydrogen-bond donors (Lipinski definition) is 2. The molecule has 0 aliphatic heterocycles. The lowest BCUT2D eigenvalue weighted by molar-refractivity contribution is -0.137. The zero-order valence-electron chi connectivity index (χ0n) is 18.2. The molecular weight excluding hydrogens is 408 g/mol. The molecule has 2 N–H and O–H groups in total. The molecule has 0 aliphatic rings. The first-order valence-electron chi connectivity index (χ1n) is 11.3. The minimum atomic E-state index is -0.783. The van der Waals surface area contributed by atoms with E-state index in [0.29, 0.717) is 12.2 Å². The Morgan fingerprint density at radius 3 is 2.00 bits per heavy atom. The van der Waals surface area contributed by atoms with E-state index in [4.69, 9.17) is 10.2 Å². The van der Waals surface area contributed by atoms with Crippen LogP contribution in [0.3, 0.4) is 0 Å². The Balaban J connectivity index is 1.73. The molecule has 2 rings (SSSR count). The molecule has 0 spiro atoms. The Hall–Kier alpha value is -2.27. The highest BCUT2D eigenvalue weighted by molar-refractivity contribution is 7.99. The van der Waals surface area contributed by atoms with Gasteiger partial charge in [-0.05, 0) is 60.9 Å². The van der Waals surface area contributed by atoms with Crippen LogP contribution in [0.15, 0.2) is 53.4 Å². The highest BCUT2D eigenvalue weighted by Gasteiger charge is 2.08. The highest BCUT2D eigenvalue weighted by Crippen LogP contribution is 2.25. The van der Waals surface area contributed by atoms with E-state index < -0.39 is 11.9 Å². The molecule has 0 fully saturated rings. The number of hydrogen-bond acceptors (Lipinski definition) is 3. The van der Waals surface area contributed by atoms with Crippen LogP contribution >= 0.6 is 11.8 Å². The van der Waals surface area contributed by atoms with E-state index in [1.54, 1.807) is 11.8 Å². The fraction of sp³-hybridized carbons (Fsp3) is 0.462. The maximum absolute atomic E-state index is 11.0. The van der Waals surface area contributed by atoms with Gasteiger partial charge in [-0.3, -0.25) is 9.59 Å². The third-order valence-electron chi connectivity index (χ3n) is 5.37. The Morgan fingerprint density at radius 1 is 0.677 bits per heavy atom. The lowest BCUT2D eigenvalue weighted by atomic mass is 9.97. The summed E-state index contributed by atoms with van der Waals surface area (Å²) in [7, 11) is 0. The van der Waals surface area contributed by atoms with Crippen LogP contribution in [-0.4, -0.2) is 27.9 Å². The molecule has 168 valence electrons. The molecule has 31 heavy (non-hydrogen) atoms. The van der Waals surface area contributed by atoms with E-state index >= 15 is 0 Å². The molecule has 0 amide bonds. The van der Waals surface area contributed by atoms with Crippen molar-refractivity contribution in [2.45, 2.75) is 75.5 Å². The van der Waals surface area contributed by atoms with Crippen LogP contribution in [0.5, 0.6) is 0 Å². The van der Waals surface area contributed by atoms with Gasteiger partial charge in [0.1, 0.15) is 0 Å². The van der Waals surface area contributed by atoms with Crippen LogP contribution in [0, 0.1) is 0 Å². The lowest BCUT2D eigenvalue weighted by Gasteiger charge is -2.11. The largest absolute Gasteiger partial charge is 0.481 e. The summed E-state index contributed by atoms with van der Waals surface area (Å²) in [6.07, 6.45) is 10.2. The first-order valence-corrected chi connectivity index (χ1v) is 12.3. The number of carboxylic acids is 2. The van der Waals surface area contributed by atoms with Gasteiger partial charge in [-0.1, -0.05) is 62.1 Å². The maximum Gasteiger partial charge on any atom is 0.304 e. The normalized spacial score (nSPS) is 10.8. The molecular formula is C26H34O4S. The van der Waals surface area contributed by atoms with E-state index in [9.17, 15) is 9.59 Å². The Bertz CT molecular complexity index is 804. The summed E-state index contributed by atoms with van der Waals surface area (Å²) in [6.45, 7) is 0. The second kappa shape index (κ2) is 14.7. The topological polar surface area (TPSA) is 74.6 Å². The Morgan fingerprint density at radius 2 is 1.32 bits per heavy atom. The van der Waals surface area contributed by atoms with Gasteiger partial charge in [0.05, 0.1) is 6.42 Å². The number of thioether (sulfide) groups is 1. The zero-order chi connectivity index (χ0) is 22.3. The van der Waals surface area contributed by atoms with Crippen LogP contribution in [0.1, 0.15) is 68.1 Å². The molecule has 4 nitrogen and oxygen atoms in total. The molecule has 0 atom stereocenters. The van der Waals surface area contributed by atoms with Crippen LogP contribution in [0.4, 0.5) is 0 Å². The van der Waals surface area contributed by atoms with E-state index in [2.05, 4.69) is 36.4 Å². The molecule has 0 heterocycles. The average molecular weight is 443 g/mol. The van der Waals surface area contributed by atoms with Crippen LogP contribution < -0.4 is 0 Å². The zero-order valence-corrected chi connectivity index (χ0v) is 19.0. The first kappa shape index (κ1) is 25.0. The molecule has 2 aromatic rings. The van der Waals surface area contributed by atoms with Crippen LogP contribution in [-0.2, 0) is 28.9 Å². The maximum atomic E-state index is 11.0. The van der Waals surface area contributed by atoms with E-state index in [1.165, 1.54) is 43.2 Å². The van der Waals surface area contributed by atoms with Crippen LogP contribution in [0.2, 0.25) is 0 Å². The summed E-state index contributed by atoms with van der Waals surface area (Å²) < 4.78 is 0. The number of carbonyl (C=O) groups is 2. The van der Waals surface area contributed by atoms with Crippen molar-refractivity contribution in [1.29, 1.82) is 0 Å². The van der Waals surface area contributed by atoms with Crippen molar-refractivity contribution in [3.8, 4) is 0 Å². The van der Waals surface area contributed by atoms with Gasteiger partial charge in [-0.25, -0.2) is 0 Å². The van der Waals surface area contributed by atoms with Crippen molar-refractivity contribution >= 4 is 23.7 Å². The third kappa shape index (κ3) is 11.1. The molecule has 0 saturated carbocycles. The molecule has 0 saturated heterocycles.